The zero-order valence-corrected chi connectivity index (χ0v) is 20.6. The van der Waals surface area contributed by atoms with Crippen LogP contribution < -0.4 is 10.1 Å². The van der Waals surface area contributed by atoms with Gasteiger partial charge in [0.2, 0.25) is 0 Å². The first-order valence-corrected chi connectivity index (χ1v) is 11.7. The van der Waals surface area contributed by atoms with E-state index >= 15 is 0 Å². The number of hydrogen-bond acceptors (Lipinski definition) is 9. The van der Waals surface area contributed by atoms with Crippen molar-refractivity contribution in [2.75, 3.05) is 11.9 Å². The molecule has 0 saturated heterocycles. The zero-order valence-electron chi connectivity index (χ0n) is 19.0. The van der Waals surface area contributed by atoms with Crippen molar-refractivity contribution in [2.45, 2.75) is 30.8 Å². The van der Waals surface area contributed by atoms with Crippen LogP contribution in [0.1, 0.15) is 23.9 Å². The molecule has 0 aliphatic rings. The highest BCUT2D eigenvalue weighted by Gasteiger charge is 2.20. The molecule has 0 aliphatic carbocycles. The molecule has 4 aromatic rings. The molecule has 0 unspecified atom stereocenters. The summed E-state index contributed by atoms with van der Waals surface area (Å²) < 4.78 is 5.42. The van der Waals surface area contributed by atoms with Gasteiger partial charge in [0.25, 0.3) is 0 Å². The number of nitrogens with zero attached hydrogens (tertiary/aromatic N) is 5. The molecule has 0 aliphatic heterocycles. The van der Waals surface area contributed by atoms with Crippen LogP contribution in [0.5, 0.6) is 5.75 Å². The maximum absolute atomic E-state index is 11.6. The van der Waals surface area contributed by atoms with Crippen LogP contribution in [0.2, 0.25) is 5.02 Å². The monoisotopic (exact) mass is 506 g/mol. The summed E-state index contributed by atoms with van der Waals surface area (Å²) in [5.41, 5.74) is 3.19. The molecule has 2 aromatic carbocycles. The number of ether oxygens (including phenoxy) is 1. The minimum Gasteiger partial charge on any atom is -0.487 e. The first-order valence-electron chi connectivity index (χ1n) is 10.5. The number of aryl methyl sites for hydroxylation is 2. The average Bonchev–Trinajstić information content (AvgIpc) is 2.80. The lowest BCUT2D eigenvalue weighted by molar-refractivity contribution is -0.385. The summed E-state index contributed by atoms with van der Waals surface area (Å²) in [5.74, 6) is 0.117. The van der Waals surface area contributed by atoms with Crippen LogP contribution in [0.25, 0.3) is 10.9 Å². The second kappa shape index (κ2) is 10.1. The predicted molar refractivity (Wildman–Crippen MR) is 135 cm³/mol. The Kier molecular flexibility index (Phi) is 7.00. The maximum Gasteiger partial charge on any atom is 0.311 e. The lowest BCUT2D eigenvalue weighted by Gasteiger charge is -2.14. The lowest BCUT2D eigenvalue weighted by Crippen LogP contribution is -2.01. The molecule has 0 saturated carbocycles. The van der Waals surface area contributed by atoms with Crippen LogP contribution in [0, 0.1) is 35.3 Å². The molecule has 2 heterocycles. The fraction of sp³-hybridized carbons (Fsp3) is 0.167. The fourth-order valence-corrected chi connectivity index (χ4v) is 4.65. The molecule has 11 heteroatoms. The van der Waals surface area contributed by atoms with Crippen LogP contribution in [0.4, 0.5) is 17.1 Å². The summed E-state index contributed by atoms with van der Waals surface area (Å²) >= 11 is 7.89. The van der Waals surface area contributed by atoms with Crippen molar-refractivity contribution in [2.24, 2.45) is 0 Å². The number of anilines is 2. The lowest BCUT2D eigenvalue weighted by atomic mass is 10.1. The van der Waals surface area contributed by atoms with Crippen LogP contribution >= 0.6 is 23.4 Å². The van der Waals surface area contributed by atoms with E-state index in [1.165, 1.54) is 30.1 Å². The summed E-state index contributed by atoms with van der Waals surface area (Å²) in [6.45, 7) is 5.82. The number of hydrogen-bond donors (Lipinski definition) is 1. The van der Waals surface area contributed by atoms with Gasteiger partial charge in [0.1, 0.15) is 6.07 Å². The van der Waals surface area contributed by atoms with Crippen molar-refractivity contribution < 1.29 is 9.66 Å². The Morgan fingerprint density at radius 1 is 1.20 bits per heavy atom. The SMILES string of the molecule is CCOc1cc2ncc(C#N)c(Nc3ccc(Sc4nc(C)cc(C)n4)c(Cl)c3)c2cc1[N+](=O)[O-]. The molecule has 0 spiro atoms. The van der Waals surface area contributed by atoms with E-state index in [1.807, 2.05) is 26.0 Å². The third-order valence-corrected chi connectivity index (χ3v) is 6.30. The summed E-state index contributed by atoms with van der Waals surface area (Å²) in [5, 5.41) is 25.9. The predicted octanol–water partition coefficient (Wildman–Crippen LogP) is 6.37. The largest absolute Gasteiger partial charge is 0.487 e. The zero-order chi connectivity index (χ0) is 25.1. The van der Waals surface area contributed by atoms with E-state index in [1.54, 1.807) is 19.1 Å². The summed E-state index contributed by atoms with van der Waals surface area (Å²) in [7, 11) is 0. The summed E-state index contributed by atoms with van der Waals surface area (Å²) in [4.78, 5) is 25.0. The highest BCUT2D eigenvalue weighted by atomic mass is 35.5. The highest BCUT2D eigenvalue weighted by Crippen LogP contribution is 2.38. The molecule has 0 atom stereocenters. The Morgan fingerprint density at radius 3 is 2.57 bits per heavy atom. The van der Waals surface area contributed by atoms with Crippen molar-refractivity contribution >= 4 is 51.3 Å². The molecule has 9 nitrogen and oxygen atoms in total. The highest BCUT2D eigenvalue weighted by molar-refractivity contribution is 7.99. The molecule has 0 amide bonds. The molecular weight excluding hydrogens is 488 g/mol. The summed E-state index contributed by atoms with van der Waals surface area (Å²) in [6.07, 6.45) is 1.41. The molecule has 35 heavy (non-hydrogen) atoms. The maximum atomic E-state index is 11.6. The van der Waals surface area contributed by atoms with Gasteiger partial charge in [-0.05, 0) is 56.8 Å². The number of halogens is 1. The van der Waals surface area contributed by atoms with E-state index in [9.17, 15) is 15.4 Å². The van der Waals surface area contributed by atoms with Crippen molar-refractivity contribution in [3.63, 3.8) is 0 Å². The molecule has 0 bridgehead atoms. The van der Waals surface area contributed by atoms with Gasteiger partial charge in [0, 0.05) is 45.7 Å². The molecule has 0 fully saturated rings. The summed E-state index contributed by atoms with van der Waals surface area (Å²) in [6, 6.07) is 12.2. The Morgan fingerprint density at radius 2 is 1.94 bits per heavy atom. The number of nitro groups is 1. The second-order valence-corrected chi connectivity index (χ2v) is 8.91. The molecule has 0 radical (unpaired) electrons. The van der Waals surface area contributed by atoms with Gasteiger partial charge in [-0.25, -0.2) is 9.97 Å². The van der Waals surface area contributed by atoms with Crippen LogP contribution in [0.3, 0.4) is 0 Å². The van der Waals surface area contributed by atoms with Crippen LogP contribution in [-0.2, 0) is 0 Å². The molecule has 1 N–H and O–H groups in total. The number of nitriles is 1. The topological polar surface area (TPSA) is 127 Å². The van der Waals surface area contributed by atoms with Gasteiger partial charge in [0.15, 0.2) is 10.9 Å². The number of aromatic nitrogens is 3. The van der Waals surface area contributed by atoms with Crippen molar-refractivity contribution in [1.82, 2.24) is 15.0 Å². The third kappa shape index (κ3) is 5.26. The van der Waals surface area contributed by atoms with Gasteiger partial charge in [0.05, 0.1) is 33.3 Å². The van der Waals surface area contributed by atoms with Crippen molar-refractivity contribution in [3.8, 4) is 11.8 Å². The smallest absolute Gasteiger partial charge is 0.311 e. The van der Waals surface area contributed by atoms with Crippen LogP contribution in [0.15, 0.2) is 52.6 Å². The number of benzene rings is 2. The number of pyridine rings is 1. The second-order valence-electron chi connectivity index (χ2n) is 7.49. The number of fused-ring (bicyclic) bond motifs is 1. The number of nitro benzene ring substituents is 1. The standard InChI is InChI=1S/C24H19ClN6O3S/c1-4-34-21-10-19-17(9-20(21)31(32)33)23(15(11-26)12-27-19)30-16-5-6-22(18(25)8-16)35-24-28-13(2)7-14(3)29-24/h5-10,12H,4H2,1-3H3,(H,27,30). The van der Waals surface area contributed by atoms with Gasteiger partial charge in [-0.2, -0.15) is 5.26 Å². The number of nitrogens with one attached hydrogen (secondary N) is 1. The van der Waals surface area contributed by atoms with E-state index in [2.05, 4.69) is 26.3 Å². The van der Waals surface area contributed by atoms with Gasteiger partial charge >= 0.3 is 5.69 Å². The van der Waals surface area contributed by atoms with Gasteiger partial charge in [-0.3, -0.25) is 15.1 Å². The molecule has 2 aromatic heterocycles. The Labute approximate surface area is 210 Å². The molecule has 176 valence electrons. The average molecular weight is 507 g/mol. The molecular formula is C24H19ClN6O3S. The number of rotatable bonds is 7. The van der Waals surface area contributed by atoms with E-state index in [-0.39, 0.29) is 23.6 Å². The van der Waals surface area contributed by atoms with E-state index < -0.39 is 4.92 Å². The Balaban J connectivity index is 1.73. The third-order valence-electron chi connectivity index (χ3n) is 4.93. The fourth-order valence-electron chi connectivity index (χ4n) is 3.48. The quantitative estimate of drug-likeness (QED) is 0.173. The van der Waals surface area contributed by atoms with Crippen LogP contribution in [-0.4, -0.2) is 26.5 Å². The van der Waals surface area contributed by atoms with E-state index in [0.29, 0.717) is 32.5 Å². The van der Waals surface area contributed by atoms with E-state index in [4.69, 9.17) is 16.3 Å². The first kappa shape index (κ1) is 24.2. The molecule has 4 rings (SSSR count). The van der Waals surface area contributed by atoms with Gasteiger partial charge in [-0.15, -0.1) is 0 Å². The Bertz CT molecular complexity index is 1490. The van der Waals surface area contributed by atoms with E-state index in [0.717, 1.165) is 16.3 Å². The van der Waals surface area contributed by atoms with Crippen molar-refractivity contribution in [1.29, 1.82) is 5.26 Å². The van der Waals surface area contributed by atoms with Gasteiger partial charge in [-0.1, -0.05) is 11.6 Å². The van der Waals surface area contributed by atoms with Gasteiger partial charge < -0.3 is 10.1 Å². The first-order chi connectivity index (χ1) is 16.8. The minimum atomic E-state index is -0.523. The normalized spacial score (nSPS) is 10.7. The van der Waals surface area contributed by atoms with Crippen molar-refractivity contribution in [3.05, 3.63) is 74.7 Å². The Hall–Kier alpha value is -3.94. The minimum absolute atomic E-state index is 0.117.